The molecular weight excluding hydrogens is 264 g/mol. The summed E-state index contributed by atoms with van der Waals surface area (Å²) < 4.78 is 5.39. The Morgan fingerprint density at radius 1 is 1.38 bits per heavy atom. The van der Waals surface area contributed by atoms with Crippen LogP contribution in [0, 0.1) is 6.92 Å². The predicted molar refractivity (Wildman–Crippen MR) is 86.6 cm³/mol. The lowest BCUT2D eigenvalue weighted by Gasteiger charge is -2.28. The molecule has 1 N–H and O–H groups in total. The first-order chi connectivity index (χ1) is 9.64. The average Bonchev–Trinajstić information content (AvgIpc) is 2.36. The first-order valence-corrected chi connectivity index (χ1v) is 7.30. The SMILES string of the molecule is COc1ccc(C)cc1CN(C)[C@@H](C)C(=O)NC(C)(C)C. The van der Waals surface area contributed by atoms with Gasteiger partial charge in [-0.15, -0.1) is 0 Å². The van der Waals surface area contributed by atoms with Crippen LogP contribution in [-0.2, 0) is 11.3 Å². The van der Waals surface area contributed by atoms with E-state index in [0.29, 0.717) is 6.54 Å². The Hall–Kier alpha value is -1.55. The van der Waals surface area contributed by atoms with E-state index in [9.17, 15) is 4.79 Å². The molecule has 4 nitrogen and oxygen atoms in total. The van der Waals surface area contributed by atoms with Crippen LogP contribution in [-0.4, -0.2) is 36.5 Å². The number of aryl methyl sites for hydroxylation is 1. The minimum atomic E-state index is -0.215. The van der Waals surface area contributed by atoms with E-state index in [2.05, 4.69) is 18.3 Å². The van der Waals surface area contributed by atoms with E-state index in [-0.39, 0.29) is 17.5 Å². The molecule has 0 unspecified atom stereocenters. The number of rotatable bonds is 5. The van der Waals surface area contributed by atoms with Gasteiger partial charge >= 0.3 is 0 Å². The van der Waals surface area contributed by atoms with Crippen LogP contribution < -0.4 is 10.1 Å². The van der Waals surface area contributed by atoms with Crippen molar-refractivity contribution >= 4 is 5.91 Å². The molecule has 0 radical (unpaired) electrons. The minimum absolute atomic E-state index is 0.0385. The number of ether oxygens (including phenoxy) is 1. The van der Waals surface area contributed by atoms with Gasteiger partial charge in [0.05, 0.1) is 13.2 Å². The van der Waals surface area contributed by atoms with Crippen LogP contribution in [0.1, 0.15) is 38.8 Å². The molecule has 0 aliphatic carbocycles. The summed E-state index contributed by atoms with van der Waals surface area (Å²) in [6, 6.07) is 5.90. The van der Waals surface area contributed by atoms with Crippen molar-refractivity contribution in [3.05, 3.63) is 29.3 Å². The van der Waals surface area contributed by atoms with Crippen molar-refractivity contribution in [3.63, 3.8) is 0 Å². The monoisotopic (exact) mass is 292 g/mol. The number of methoxy groups -OCH3 is 1. The van der Waals surface area contributed by atoms with Gasteiger partial charge in [0, 0.05) is 17.6 Å². The number of hydrogen-bond donors (Lipinski definition) is 1. The Kier molecular flexibility index (Phi) is 5.78. The second-order valence-corrected chi connectivity index (χ2v) is 6.65. The fraction of sp³-hybridized carbons (Fsp3) is 0.588. The van der Waals surface area contributed by atoms with E-state index in [1.54, 1.807) is 7.11 Å². The molecule has 0 aliphatic rings. The van der Waals surface area contributed by atoms with Crippen molar-refractivity contribution in [2.24, 2.45) is 0 Å². The van der Waals surface area contributed by atoms with Gasteiger partial charge < -0.3 is 10.1 Å². The van der Waals surface area contributed by atoms with Gasteiger partial charge in [-0.2, -0.15) is 0 Å². The first kappa shape index (κ1) is 17.5. The molecule has 0 fully saturated rings. The topological polar surface area (TPSA) is 41.6 Å². The van der Waals surface area contributed by atoms with Crippen LogP contribution in [0.5, 0.6) is 5.75 Å². The maximum absolute atomic E-state index is 12.2. The van der Waals surface area contributed by atoms with Gasteiger partial charge in [-0.05, 0) is 47.7 Å². The number of carbonyl (C=O) groups is 1. The molecule has 1 atom stereocenters. The van der Waals surface area contributed by atoms with Crippen molar-refractivity contribution in [1.82, 2.24) is 10.2 Å². The van der Waals surface area contributed by atoms with E-state index in [0.717, 1.165) is 11.3 Å². The summed E-state index contributed by atoms with van der Waals surface area (Å²) >= 11 is 0. The molecule has 0 saturated heterocycles. The Bertz CT molecular complexity index is 492. The molecule has 1 rings (SSSR count). The number of nitrogens with zero attached hydrogens (tertiary/aromatic N) is 1. The minimum Gasteiger partial charge on any atom is -0.496 e. The number of amides is 1. The number of carbonyl (C=O) groups excluding carboxylic acids is 1. The van der Waals surface area contributed by atoms with E-state index in [1.807, 2.05) is 51.8 Å². The quantitative estimate of drug-likeness (QED) is 0.907. The van der Waals surface area contributed by atoms with Gasteiger partial charge in [-0.3, -0.25) is 9.69 Å². The van der Waals surface area contributed by atoms with Crippen molar-refractivity contribution in [2.45, 2.75) is 52.7 Å². The molecule has 1 aromatic carbocycles. The van der Waals surface area contributed by atoms with Crippen LogP contribution in [0.15, 0.2) is 18.2 Å². The molecule has 21 heavy (non-hydrogen) atoms. The normalized spacial score (nSPS) is 13.1. The van der Waals surface area contributed by atoms with Gasteiger partial charge in [0.25, 0.3) is 0 Å². The number of likely N-dealkylation sites (N-methyl/N-ethyl adjacent to an activating group) is 1. The van der Waals surface area contributed by atoms with Gasteiger partial charge in [0.2, 0.25) is 5.91 Å². The van der Waals surface area contributed by atoms with Crippen molar-refractivity contribution < 1.29 is 9.53 Å². The fourth-order valence-corrected chi connectivity index (χ4v) is 2.11. The van der Waals surface area contributed by atoms with Crippen molar-refractivity contribution in [3.8, 4) is 5.75 Å². The van der Waals surface area contributed by atoms with E-state index in [1.165, 1.54) is 5.56 Å². The molecule has 4 heteroatoms. The zero-order valence-electron chi connectivity index (χ0n) is 14.3. The molecule has 1 aromatic rings. The maximum atomic E-state index is 12.2. The van der Waals surface area contributed by atoms with Crippen LogP contribution >= 0.6 is 0 Å². The highest BCUT2D eigenvalue weighted by Gasteiger charge is 2.23. The maximum Gasteiger partial charge on any atom is 0.237 e. The first-order valence-electron chi connectivity index (χ1n) is 7.30. The average molecular weight is 292 g/mol. The predicted octanol–water partition coefficient (Wildman–Crippen LogP) is 2.74. The Labute approximate surface area is 128 Å². The highest BCUT2D eigenvalue weighted by molar-refractivity contribution is 5.81. The molecule has 0 heterocycles. The largest absolute Gasteiger partial charge is 0.496 e. The van der Waals surface area contributed by atoms with Crippen molar-refractivity contribution in [2.75, 3.05) is 14.2 Å². The third-order valence-corrected chi connectivity index (χ3v) is 3.39. The molecule has 0 aliphatic heterocycles. The summed E-state index contributed by atoms with van der Waals surface area (Å²) in [5.74, 6) is 0.896. The Morgan fingerprint density at radius 2 is 2.00 bits per heavy atom. The second kappa shape index (κ2) is 6.94. The standard InChI is InChI=1S/C17H28N2O2/c1-12-8-9-15(21-7)14(10-12)11-19(6)13(2)16(20)18-17(3,4)5/h8-10,13H,11H2,1-7H3,(H,18,20)/t13-/m0/s1. The van der Waals surface area contributed by atoms with Gasteiger partial charge in [0.15, 0.2) is 0 Å². The molecule has 0 spiro atoms. The molecular formula is C17H28N2O2. The third-order valence-electron chi connectivity index (χ3n) is 3.39. The summed E-state index contributed by atoms with van der Waals surface area (Å²) in [5, 5.41) is 3.01. The van der Waals surface area contributed by atoms with E-state index < -0.39 is 0 Å². The van der Waals surface area contributed by atoms with Crippen molar-refractivity contribution in [1.29, 1.82) is 0 Å². The molecule has 0 saturated carbocycles. The molecule has 0 bridgehead atoms. The lowest BCUT2D eigenvalue weighted by Crippen LogP contribution is -2.49. The Morgan fingerprint density at radius 3 is 2.52 bits per heavy atom. The Balaban J connectivity index is 2.78. The van der Waals surface area contributed by atoms with Crippen LogP contribution in [0.25, 0.3) is 0 Å². The fourth-order valence-electron chi connectivity index (χ4n) is 2.11. The molecule has 0 aromatic heterocycles. The lowest BCUT2D eigenvalue weighted by molar-refractivity contribution is -0.127. The van der Waals surface area contributed by atoms with Crippen LogP contribution in [0.4, 0.5) is 0 Å². The number of hydrogen-bond acceptors (Lipinski definition) is 3. The van der Waals surface area contributed by atoms with Gasteiger partial charge in [-0.25, -0.2) is 0 Å². The van der Waals surface area contributed by atoms with E-state index in [4.69, 9.17) is 4.74 Å². The second-order valence-electron chi connectivity index (χ2n) is 6.65. The zero-order valence-corrected chi connectivity index (χ0v) is 14.3. The molecule has 118 valence electrons. The highest BCUT2D eigenvalue weighted by atomic mass is 16.5. The van der Waals surface area contributed by atoms with Gasteiger partial charge in [0.1, 0.15) is 5.75 Å². The summed E-state index contributed by atoms with van der Waals surface area (Å²) in [7, 11) is 3.62. The number of nitrogens with one attached hydrogen (secondary N) is 1. The van der Waals surface area contributed by atoms with Crippen LogP contribution in [0.2, 0.25) is 0 Å². The summed E-state index contributed by atoms with van der Waals surface area (Å²) in [4.78, 5) is 14.3. The number of benzene rings is 1. The lowest BCUT2D eigenvalue weighted by atomic mass is 10.1. The smallest absolute Gasteiger partial charge is 0.237 e. The molecule has 1 amide bonds. The summed E-state index contributed by atoms with van der Waals surface area (Å²) in [5.41, 5.74) is 2.06. The highest BCUT2D eigenvalue weighted by Crippen LogP contribution is 2.21. The van der Waals surface area contributed by atoms with E-state index >= 15 is 0 Å². The summed E-state index contributed by atoms with van der Waals surface area (Å²) in [6.45, 7) is 10.6. The zero-order chi connectivity index (χ0) is 16.2. The van der Waals surface area contributed by atoms with Crippen LogP contribution in [0.3, 0.4) is 0 Å². The summed E-state index contributed by atoms with van der Waals surface area (Å²) in [6.07, 6.45) is 0. The third kappa shape index (κ3) is 5.38. The van der Waals surface area contributed by atoms with Gasteiger partial charge in [-0.1, -0.05) is 17.7 Å².